The molecule has 2 rings (SSSR count). The van der Waals surface area contributed by atoms with Crippen LogP contribution >= 0.6 is 0 Å². The first-order valence-corrected chi connectivity index (χ1v) is 5.08. The first-order valence-electron chi connectivity index (χ1n) is 5.08. The van der Waals surface area contributed by atoms with Gasteiger partial charge in [0.15, 0.2) is 0 Å². The van der Waals surface area contributed by atoms with Crippen molar-refractivity contribution in [3.05, 3.63) is 71.8 Å². The Kier molecular flexibility index (Phi) is 11.3. The molecule has 3 heteroatoms. The fourth-order valence-electron chi connectivity index (χ4n) is 1.15. The Balaban J connectivity index is 0. The molecular formula is C14H23N3. The third kappa shape index (κ3) is 8.16. The van der Waals surface area contributed by atoms with Crippen LogP contribution in [0.1, 0.15) is 11.1 Å². The Labute approximate surface area is 104 Å². The summed E-state index contributed by atoms with van der Waals surface area (Å²) < 4.78 is 0. The van der Waals surface area contributed by atoms with E-state index >= 15 is 0 Å². The molecule has 0 saturated heterocycles. The molecular weight excluding hydrogens is 210 g/mol. The molecule has 8 N–H and O–H groups in total. The van der Waals surface area contributed by atoms with Gasteiger partial charge in [-0.3, -0.25) is 0 Å². The molecule has 0 heterocycles. The van der Waals surface area contributed by atoms with Gasteiger partial charge in [-0.05, 0) is 12.5 Å². The highest BCUT2D eigenvalue weighted by molar-refractivity contribution is 5.13. The average molecular weight is 233 g/mol. The molecule has 0 aliphatic carbocycles. The number of hydrogen-bond donors (Lipinski definition) is 3. The van der Waals surface area contributed by atoms with Crippen LogP contribution in [0.15, 0.2) is 60.7 Å². The van der Waals surface area contributed by atoms with Gasteiger partial charge in [0.2, 0.25) is 0 Å². The molecule has 0 fully saturated rings. The molecule has 0 radical (unpaired) electrons. The molecule has 17 heavy (non-hydrogen) atoms. The Bertz CT molecular complexity index is 360. The second-order valence-corrected chi connectivity index (χ2v) is 3.34. The van der Waals surface area contributed by atoms with Gasteiger partial charge < -0.3 is 18.0 Å². The quantitative estimate of drug-likeness (QED) is 0.703. The first kappa shape index (κ1) is 17.7. The van der Waals surface area contributed by atoms with Gasteiger partial charge in [0.1, 0.15) is 0 Å². The Morgan fingerprint density at radius 3 is 1.41 bits per heavy atom. The van der Waals surface area contributed by atoms with Gasteiger partial charge in [0.05, 0.1) is 0 Å². The van der Waals surface area contributed by atoms with Crippen molar-refractivity contribution in [2.24, 2.45) is 5.73 Å². The molecule has 0 amide bonds. The van der Waals surface area contributed by atoms with E-state index in [4.69, 9.17) is 5.73 Å². The second kappa shape index (κ2) is 10.8. The number of hydrogen-bond acceptors (Lipinski definition) is 3. The average Bonchev–Trinajstić information content (AvgIpc) is 2.32. The van der Waals surface area contributed by atoms with Crippen molar-refractivity contribution < 1.29 is 0 Å². The minimum atomic E-state index is 0. The van der Waals surface area contributed by atoms with Crippen LogP contribution in [0.25, 0.3) is 0 Å². The highest BCUT2D eigenvalue weighted by atomic mass is 14.5. The van der Waals surface area contributed by atoms with E-state index in [1.807, 2.05) is 48.5 Å². The topological polar surface area (TPSA) is 96.0 Å². The summed E-state index contributed by atoms with van der Waals surface area (Å²) in [5.41, 5.74) is 7.86. The van der Waals surface area contributed by atoms with Crippen LogP contribution in [0, 0.1) is 6.92 Å². The minimum Gasteiger partial charge on any atom is -0.344 e. The molecule has 0 aliphatic rings. The van der Waals surface area contributed by atoms with Crippen molar-refractivity contribution in [3.63, 3.8) is 0 Å². The Hall–Kier alpha value is -1.68. The van der Waals surface area contributed by atoms with Crippen molar-refractivity contribution in [1.82, 2.24) is 12.3 Å². The smallest absolute Gasteiger partial charge is 0.0178 e. The lowest BCUT2D eigenvalue weighted by Gasteiger charge is -1.90. The van der Waals surface area contributed by atoms with E-state index in [2.05, 4.69) is 19.1 Å². The number of aryl methyl sites for hydroxylation is 1. The van der Waals surface area contributed by atoms with Crippen molar-refractivity contribution in [2.45, 2.75) is 13.5 Å². The van der Waals surface area contributed by atoms with Crippen molar-refractivity contribution in [3.8, 4) is 0 Å². The molecule has 0 spiro atoms. The predicted molar refractivity (Wildman–Crippen MR) is 75.6 cm³/mol. The summed E-state index contributed by atoms with van der Waals surface area (Å²) in [5, 5.41) is 0. The van der Waals surface area contributed by atoms with Gasteiger partial charge in [-0.25, -0.2) is 0 Å². The molecule has 0 aliphatic heterocycles. The van der Waals surface area contributed by atoms with Crippen LogP contribution in [0.2, 0.25) is 0 Å². The van der Waals surface area contributed by atoms with E-state index < -0.39 is 0 Å². The zero-order chi connectivity index (χ0) is 10.9. The Morgan fingerprint density at radius 1 is 0.765 bits per heavy atom. The molecule has 2 aromatic carbocycles. The van der Waals surface area contributed by atoms with E-state index in [1.165, 1.54) is 11.1 Å². The van der Waals surface area contributed by atoms with Gasteiger partial charge in [0, 0.05) is 6.54 Å². The minimum absolute atomic E-state index is 0. The number of rotatable bonds is 1. The molecule has 94 valence electrons. The van der Waals surface area contributed by atoms with Crippen molar-refractivity contribution in [2.75, 3.05) is 0 Å². The van der Waals surface area contributed by atoms with E-state index in [9.17, 15) is 0 Å². The van der Waals surface area contributed by atoms with E-state index in [0.717, 1.165) is 0 Å². The van der Waals surface area contributed by atoms with Crippen LogP contribution in [-0.4, -0.2) is 0 Å². The summed E-state index contributed by atoms with van der Waals surface area (Å²) in [6.07, 6.45) is 0. The van der Waals surface area contributed by atoms with Gasteiger partial charge >= 0.3 is 0 Å². The molecule has 0 unspecified atom stereocenters. The Morgan fingerprint density at radius 2 is 1.18 bits per heavy atom. The first-order chi connectivity index (χ1) is 7.33. The highest BCUT2D eigenvalue weighted by Crippen LogP contribution is 1.94. The maximum Gasteiger partial charge on any atom is 0.0178 e. The summed E-state index contributed by atoms with van der Waals surface area (Å²) in [5.74, 6) is 0. The van der Waals surface area contributed by atoms with Crippen LogP contribution in [-0.2, 0) is 6.54 Å². The zero-order valence-electron chi connectivity index (χ0n) is 10.5. The van der Waals surface area contributed by atoms with Crippen LogP contribution < -0.4 is 18.0 Å². The van der Waals surface area contributed by atoms with E-state index in [-0.39, 0.29) is 12.3 Å². The maximum absolute atomic E-state index is 5.35. The highest BCUT2D eigenvalue weighted by Gasteiger charge is 1.80. The van der Waals surface area contributed by atoms with E-state index in [1.54, 1.807) is 0 Å². The normalized spacial score (nSPS) is 7.88. The van der Waals surface area contributed by atoms with Crippen molar-refractivity contribution >= 4 is 0 Å². The molecule has 0 aromatic heterocycles. The summed E-state index contributed by atoms with van der Waals surface area (Å²) in [6.45, 7) is 2.72. The third-order valence-electron chi connectivity index (χ3n) is 2.02. The van der Waals surface area contributed by atoms with Gasteiger partial charge in [-0.1, -0.05) is 66.2 Å². The molecule has 2 aromatic rings. The fraction of sp³-hybridized carbons (Fsp3) is 0.143. The van der Waals surface area contributed by atoms with Gasteiger partial charge in [0.25, 0.3) is 0 Å². The monoisotopic (exact) mass is 233 g/mol. The SMILES string of the molecule is Cc1ccccc1.N.N.NCc1ccccc1. The standard InChI is InChI=1S/C7H9N.C7H8.2H3N/c8-6-7-4-2-1-3-5-7;1-7-5-3-2-4-6-7;;/h1-5H,6,8H2;2-6H,1H3;2*1H3. The van der Waals surface area contributed by atoms with Gasteiger partial charge in [-0.2, -0.15) is 0 Å². The summed E-state index contributed by atoms with van der Waals surface area (Å²) >= 11 is 0. The summed E-state index contributed by atoms with van der Waals surface area (Å²) in [7, 11) is 0. The van der Waals surface area contributed by atoms with Crippen LogP contribution in [0.3, 0.4) is 0 Å². The molecule has 3 nitrogen and oxygen atoms in total. The molecule has 0 bridgehead atoms. The lowest BCUT2D eigenvalue weighted by atomic mass is 10.2. The molecule has 0 saturated carbocycles. The zero-order valence-corrected chi connectivity index (χ0v) is 10.5. The molecule has 0 atom stereocenters. The third-order valence-corrected chi connectivity index (χ3v) is 2.02. The van der Waals surface area contributed by atoms with E-state index in [0.29, 0.717) is 6.54 Å². The largest absolute Gasteiger partial charge is 0.344 e. The summed E-state index contributed by atoms with van der Waals surface area (Å²) in [4.78, 5) is 0. The lowest BCUT2D eigenvalue weighted by Crippen LogP contribution is -1.94. The lowest BCUT2D eigenvalue weighted by molar-refractivity contribution is 1.07. The predicted octanol–water partition coefficient (Wildman–Crippen LogP) is 3.46. The van der Waals surface area contributed by atoms with Crippen molar-refractivity contribution in [1.29, 1.82) is 0 Å². The maximum atomic E-state index is 5.35. The summed E-state index contributed by atoms with van der Waals surface area (Å²) in [6, 6.07) is 20.3. The number of benzene rings is 2. The van der Waals surface area contributed by atoms with Crippen LogP contribution in [0.4, 0.5) is 0 Å². The van der Waals surface area contributed by atoms with Crippen LogP contribution in [0.5, 0.6) is 0 Å². The fourth-order valence-corrected chi connectivity index (χ4v) is 1.15. The van der Waals surface area contributed by atoms with Gasteiger partial charge in [-0.15, -0.1) is 0 Å². The number of nitrogens with two attached hydrogens (primary N) is 1. The second-order valence-electron chi connectivity index (χ2n) is 3.34.